The minimum Gasteiger partial charge on any atom is -0.309 e. The van der Waals surface area contributed by atoms with Gasteiger partial charge in [-0.3, -0.25) is 14.1 Å². The number of nitrogens with one attached hydrogen (secondary N) is 1. The van der Waals surface area contributed by atoms with Crippen molar-refractivity contribution in [3.05, 3.63) is 41.4 Å². The molecule has 0 spiro atoms. The van der Waals surface area contributed by atoms with Crippen LogP contribution in [0.15, 0.2) is 36.5 Å². The number of hydrogen-bond acceptors (Lipinski definition) is 6. The zero-order chi connectivity index (χ0) is 20.9. The fraction of sp³-hybridized carbons (Fsp3) is 0.400. The van der Waals surface area contributed by atoms with Gasteiger partial charge < -0.3 is 5.32 Å². The van der Waals surface area contributed by atoms with Crippen LogP contribution < -0.4 is 5.32 Å². The van der Waals surface area contributed by atoms with Crippen LogP contribution >= 0.6 is 11.3 Å². The first-order valence-corrected chi connectivity index (χ1v) is 12.5. The number of anilines is 1. The lowest BCUT2D eigenvalue weighted by molar-refractivity contribution is -0.117. The molecule has 1 N–H and O–H groups in total. The Morgan fingerprint density at radius 1 is 1.23 bits per heavy atom. The Hall–Kier alpha value is -2.30. The van der Waals surface area contributed by atoms with E-state index in [4.69, 9.17) is 0 Å². The number of pyridine rings is 1. The van der Waals surface area contributed by atoms with Gasteiger partial charge in [-0.15, -0.1) is 11.3 Å². The summed E-state index contributed by atoms with van der Waals surface area (Å²) in [6.45, 7) is 1.86. The average molecular weight is 449 g/mol. The molecule has 10 heteroatoms. The van der Waals surface area contributed by atoms with Gasteiger partial charge in [-0.25, -0.2) is 17.8 Å². The third kappa shape index (κ3) is 3.99. The summed E-state index contributed by atoms with van der Waals surface area (Å²) in [5.41, 5.74) is 1.65. The molecular weight excluding hydrogens is 427 g/mol. The van der Waals surface area contributed by atoms with E-state index >= 15 is 0 Å². The molecule has 0 aromatic carbocycles. The highest BCUT2D eigenvalue weighted by Crippen LogP contribution is 2.35. The van der Waals surface area contributed by atoms with E-state index in [2.05, 4.69) is 21.3 Å². The number of carbonyl (C=O) groups is 1. The standard InChI is InChI=1S/C20H21FN4O3S2/c21-15-10-14(15)20(26)23-18-12-25-16(2-1-3-19(25)22-18)17-5-4-13(29-17)11-24-6-8-30(27,28)9-7-24/h1-5,12,14-15H,6-11H2,(H,23,26)/t14-,15-/m0/s1. The summed E-state index contributed by atoms with van der Waals surface area (Å²) in [6.07, 6.45) is 1.00. The van der Waals surface area contributed by atoms with Crippen molar-refractivity contribution in [1.29, 1.82) is 0 Å². The highest BCUT2D eigenvalue weighted by molar-refractivity contribution is 7.91. The summed E-state index contributed by atoms with van der Waals surface area (Å²) in [4.78, 5) is 20.8. The van der Waals surface area contributed by atoms with Crippen LogP contribution in [0.2, 0.25) is 0 Å². The Labute approximate surface area is 177 Å². The van der Waals surface area contributed by atoms with Gasteiger partial charge in [0, 0.05) is 24.5 Å². The van der Waals surface area contributed by atoms with Crippen LogP contribution in [0, 0.1) is 5.92 Å². The highest BCUT2D eigenvalue weighted by atomic mass is 32.2. The molecule has 2 fully saturated rings. The monoisotopic (exact) mass is 448 g/mol. The Kier molecular flexibility index (Phi) is 4.87. The summed E-state index contributed by atoms with van der Waals surface area (Å²) in [5, 5.41) is 2.71. The van der Waals surface area contributed by atoms with Crippen molar-refractivity contribution in [2.75, 3.05) is 29.9 Å². The Morgan fingerprint density at radius 3 is 2.73 bits per heavy atom. The Bertz CT molecular complexity index is 1210. The number of thiophene rings is 1. The van der Waals surface area contributed by atoms with Crippen molar-refractivity contribution in [2.24, 2.45) is 5.92 Å². The van der Waals surface area contributed by atoms with E-state index in [1.165, 1.54) is 0 Å². The fourth-order valence-electron chi connectivity index (χ4n) is 3.66. The molecular formula is C20H21FN4O3S2. The fourth-order valence-corrected chi connectivity index (χ4v) is 6.00. The number of alkyl halides is 1. The van der Waals surface area contributed by atoms with Gasteiger partial charge >= 0.3 is 0 Å². The zero-order valence-corrected chi connectivity index (χ0v) is 17.8. The smallest absolute Gasteiger partial charge is 0.231 e. The summed E-state index contributed by atoms with van der Waals surface area (Å²) in [6, 6.07) is 9.87. The molecule has 3 aromatic rings. The number of aromatic nitrogens is 2. The van der Waals surface area contributed by atoms with Gasteiger partial charge in [-0.1, -0.05) is 6.07 Å². The molecule has 1 aliphatic carbocycles. The topological polar surface area (TPSA) is 83.8 Å². The molecule has 5 rings (SSSR count). The molecule has 0 bridgehead atoms. The van der Waals surface area contributed by atoms with Gasteiger partial charge in [0.25, 0.3) is 0 Å². The molecule has 7 nitrogen and oxygen atoms in total. The lowest BCUT2D eigenvalue weighted by atomic mass is 10.3. The summed E-state index contributed by atoms with van der Waals surface area (Å²) in [7, 11) is -2.88. The van der Waals surface area contributed by atoms with Crippen LogP contribution in [0.1, 0.15) is 11.3 Å². The van der Waals surface area contributed by atoms with E-state index in [-0.39, 0.29) is 23.8 Å². The number of amides is 1. The van der Waals surface area contributed by atoms with Crippen molar-refractivity contribution in [2.45, 2.75) is 19.1 Å². The quantitative estimate of drug-likeness (QED) is 0.649. The molecule has 1 saturated carbocycles. The first-order chi connectivity index (χ1) is 14.4. The van der Waals surface area contributed by atoms with Crippen LogP contribution in [0.3, 0.4) is 0 Å². The van der Waals surface area contributed by atoms with Crippen molar-refractivity contribution in [1.82, 2.24) is 14.3 Å². The maximum Gasteiger partial charge on any atom is 0.231 e. The SMILES string of the molecule is O=C(Nc1cn2c(-c3ccc(CN4CCS(=O)(=O)CC4)s3)cccc2n1)[C@H]1C[C@@H]1F. The van der Waals surface area contributed by atoms with Crippen LogP contribution in [-0.2, 0) is 21.2 Å². The molecule has 30 heavy (non-hydrogen) atoms. The largest absolute Gasteiger partial charge is 0.309 e. The number of nitrogens with zero attached hydrogens (tertiary/aromatic N) is 3. The van der Waals surface area contributed by atoms with E-state index in [9.17, 15) is 17.6 Å². The van der Waals surface area contributed by atoms with Crippen LogP contribution in [0.25, 0.3) is 16.2 Å². The number of rotatable bonds is 5. The molecule has 1 amide bonds. The van der Waals surface area contributed by atoms with Crippen molar-refractivity contribution < 1.29 is 17.6 Å². The normalized spacial score (nSPS) is 23.5. The van der Waals surface area contributed by atoms with Crippen LogP contribution in [-0.4, -0.2) is 59.4 Å². The second-order valence-corrected chi connectivity index (χ2v) is 11.3. The molecule has 2 atom stereocenters. The molecule has 2 aliphatic rings. The molecule has 0 radical (unpaired) electrons. The van der Waals surface area contributed by atoms with Gasteiger partial charge in [0.2, 0.25) is 5.91 Å². The third-order valence-electron chi connectivity index (χ3n) is 5.52. The molecule has 158 valence electrons. The molecule has 0 unspecified atom stereocenters. The third-order valence-corrected chi connectivity index (χ3v) is 8.23. The number of halogens is 1. The van der Waals surface area contributed by atoms with Crippen molar-refractivity contribution >= 4 is 38.5 Å². The van der Waals surface area contributed by atoms with E-state index < -0.39 is 21.9 Å². The number of fused-ring (bicyclic) bond motifs is 1. The maximum absolute atomic E-state index is 13.1. The molecule has 1 saturated heterocycles. The summed E-state index contributed by atoms with van der Waals surface area (Å²) >= 11 is 1.66. The minimum atomic E-state index is -2.88. The van der Waals surface area contributed by atoms with E-state index in [1.54, 1.807) is 17.5 Å². The van der Waals surface area contributed by atoms with Gasteiger partial charge in [-0.2, -0.15) is 0 Å². The van der Waals surface area contributed by atoms with Crippen molar-refractivity contribution in [3.63, 3.8) is 0 Å². The van der Waals surface area contributed by atoms with E-state index in [0.717, 1.165) is 22.0 Å². The minimum absolute atomic E-state index is 0.220. The van der Waals surface area contributed by atoms with Gasteiger partial charge in [0.1, 0.15) is 11.8 Å². The molecule has 4 heterocycles. The molecule has 1 aliphatic heterocycles. The maximum atomic E-state index is 13.1. The predicted molar refractivity (Wildman–Crippen MR) is 114 cm³/mol. The summed E-state index contributed by atoms with van der Waals surface area (Å²) in [5.74, 6) is -0.0259. The summed E-state index contributed by atoms with van der Waals surface area (Å²) < 4.78 is 38.2. The number of carbonyl (C=O) groups excluding carboxylic acids is 1. The lowest BCUT2D eigenvalue weighted by Gasteiger charge is -2.25. The Morgan fingerprint density at radius 2 is 2.00 bits per heavy atom. The zero-order valence-electron chi connectivity index (χ0n) is 16.1. The first kappa shape index (κ1) is 19.7. The van der Waals surface area contributed by atoms with Crippen molar-refractivity contribution in [3.8, 4) is 10.6 Å². The number of sulfone groups is 1. The second kappa shape index (κ2) is 7.44. The van der Waals surface area contributed by atoms with Gasteiger partial charge in [-0.05, 0) is 30.7 Å². The van der Waals surface area contributed by atoms with E-state index in [0.29, 0.717) is 24.6 Å². The predicted octanol–water partition coefficient (Wildman–Crippen LogP) is 2.59. The second-order valence-electron chi connectivity index (χ2n) is 7.81. The van der Waals surface area contributed by atoms with Gasteiger partial charge in [0.05, 0.1) is 34.2 Å². The number of hydrogen-bond donors (Lipinski definition) is 1. The van der Waals surface area contributed by atoms with E-state index in [1.807, 2.05) is 28.7 Å². The van der Waals surface area contributed by atoms with Crippen LogP contribution in [0.4, 0.5) is 10.2 Å². The Balaban J connectivity index is 1.34. The highest BCUT2D eigenvalue weighted by Gasteiger charge is 2.43. The van der Waals surface area contributed by atoms with Gasteiger partial charge in [0.15, 0.2) is 15.7 Å². The number of imidazole rings is 1. The van der Waals surface area contributed by atoms with Crippen LogP contribution in [0.5, 0.6) is 0 Å². The first-order valence-electron chi connectivity index (χ1n) is 9.83. The average Bonchev–Trinajstić information content (AvgIpc) is 3.10. The lowest BCUT2D eigenvalue weighted by Crippen LogP contribution is -2.39. The molecule has 3 aromatic heterocycles.